The van der Waals surface area contributed by atoms with Crippen LogP contribution in [0.2, 0.25) is 0 Å². The molecule has 0 saturated heterocycles. The minimum absolute atomic E-state index is 0.0116. The highest BCUT2D eigenvalue weighted by atomic mass is 16.2. The number of rotatable bonds is 9. The zero-order valence-corrected chi connectivity index (χ0v) is 16.6. The summed E-state index contributed by atoms with van der Waals surface area (Å²) in [6.45, 7) is 6.90. The molecule has 1 N–H and O–H groups in total. The number of carbonyl (C=O) groups excluding carboxylic acids is 2. The molecule has 0 spiro atoms. The zero-order chi connectivity index (χ0) is 19.6. The maximum atomic E-state index is 13.0. The Balaban J connectivity index is 2.14. The van der Waals surface area contributed by atoms with E-state index in [1.54, 1.807) is 4.90 Å². The van der Waals surface area contributed by atoms with E-state index in [0.717, 1.165) is 11.1 Å². The van der Waals surface area contributed by atoms with E-state index in [1.165, 1.54) is 5.56 Å². The topological polar surface area (TPSA) is 49.4 Å². The van der Waals surface area contributed by atoms with Crippen LogP contribution in [0, 0.1) is 6.92 Å². The van der Waals surface area contributed by atoms with Gasteiger partial charge in [0.15, 0.2) is 0 Å². The SMILES string of the molecule is CCNC(=O)[C@H](CC)N(Cc1ccccc1)C(=O)CCc1ccc(C)cc1. The summed E-state index contributed by atoms with van der Waals surface area (Å²) < 4.78 is 0. The average molecular weight is 367 g/mol. The lowest BCUT2D eigenvalue weighted by Crippen LogP contribution is -2.49. The molecule has 0 bridgehead atoms. The van der Waals surface area contributed by atoms with Crippen LogP contribution in [0.25, 0.3) is 0 Å². The van der Waals surface area contributed by atoms with Crippen LogP contribution in [0.5, 0.6) is 0 Å². The molecule has 2 rings (SSSR count). The largest absolute Gasteiger partial charge is 0.355 e. The molecule has 2 aromatic carbocycles. The fourth-order valence-electron chi connectivity index (χ4n) is 3.14. The molecule has 144 valence electrons. The summed E-state index contributed by atoms with van der Waals surface area (Å²) in [6.07, 6.45) is 1.66. The molecular weight excluding hydrogens is 336 g/mol. The number of likely N-dealkylation sites (N-methyl/N-ethyl adjacent to an activating group) is 1. The lowest BCUT2D eigenvalue weighted by Gasteiger charge is -2.30. The predicted octanol–water partition coefficient (Wildman–Crippen LogP) is 3.87. The fourth-order valence-corrected chi connectivity index (χ4v) is 3.14. The minimum atomic E-state index is -0.448. The second-order valence-corrected chi connectivity index (χ2v) is 6.81. The lowest BCUT2D eigenvalue weighted by atomic mass is 10.1. The number of carbonyl (C=O) groups is 2. The van der Waals surface area contributed by atoms with Crippen molar-refractivity contribution >= 4 is 11.8 Å². The van der Waals surface area contributed by atoms with Crippen molar-refractivity contribution in [2.45, 2.75) is 52.6 Å². The molecule has 0 aliphatic carbocycles. The van der Waals surface area contributed by atoms with Gasteiger partial charge in [-0.2, -0.15) is 0 Å². The van der Waals surface area contributed by atoms with Gasteiger partial charge in [-0.1, -0.05) is 67.1 Å². The summed E-state index contributed by atoms with van der Waals surface area (Å²) >= 11 is 0. The molecule has 0 saturated carbocycles. The van der Waals surface area contributed by atoms with Gasteiger partial charge in [0.25, 0.3) is 0 Å². The molecule has 0 fully saturated rings. The molecule has 0 aliphatic heterocycles. The molecule has 1 atom stereocenters. The van der Waals surface area contributed by atoms with Crippen LogP contribution < -0.4 is 5.32 Å². The summed E-state index contributed by atoms with van der Waals surface area (Å²) in [5, 5.41) is 2.86. The Labute approximate surface area is 162 Å². The quantitative estimate of drug-likeness (QED) is 0.732. The number of aryl methyl sites for hydroxylation is 2. The van der Waals surface area contributed by atoms with Gasteiger partial charge in [-0.25, -0.2) is 0 Å². The van der Waals surface area contributed by atoms with Gasteiger partial charge in [-0.15, -0.1) is 0 Å². The van der Waals surface area contributed by atoms with Crippen molar-refractivity contribution in [3.8, 4) is 0 Å². The number of hydrogen-bond acceptors (Lipinski definition) is 2. The fraction of sp³-hybridized carbons (Fsp3) is 0.391. The second kappa shape index (κ2) is 10.5. The van der Waals surface area contributed by atoms with Gasteiger partial charge in [0.1, 0.15) is 6.04 Å². The molecule has 4 nitrogen and oxygen atoms in total. The Morgan fingerprint density at radius 3 is 2.22 bits per heavy atom. The number of hydrogen-bond donors (Lipinski definition) is 1. The molecule has 0 heterocycles. The van der Waals surface area contributed by atoms with E-state index < -0.39 is 6.04 Å². The van der Waals surface area contributed by atoms with Gasteiger partial charge in [0.05, 0.1) is 0 Å². The Bertz CT molecular complexity index is 726. The smallest absolute Gasteiger partial charge is 0.242 e. The normalized spacial score (nSPS) is 11.7. The third-order valence-corrected chi connectivity index (χ3v) is 4.68. The Hall–Kier alpha value is -2.62. The predicted molar refractivity (Wildman–Crippen MR) is 109 cm³/mol. The maximum Gasteiger partial charge on any atom is 0.242 e. The molecule has 0 unspecified atom stereocenters. The van der Waals surface area contributed by atoms with Gasteiger partial charge < -0.3 is 10.2 Å². The van der Waals surface area contributed by atoms with E-state index in [1.807, 2.05) is 44.2 Å². The van der Waals surface area contributed by atoms with Crippen molar-refractivity contribution in [1.29, 1.82) is 0 Å². The summed E-state index contributed by atoms with van der Waals surface area (Å²) in [5.74, 6) is -0.0721. The van der Waals surface area contributed by atoms with Gasteiger partial charge in [-0.3, -0.25) is 9.59 Å². The molecule has 0 aliphatic rings. The van der Waals surface area contributed by atoms with Crippen molar-refractivity contribution in [2.24, 2.45) is 0 Å². The van der Waals surface area contributed by atoms with Crippen LogP contribution in [0.1, 0.15) is 43.4 Å². The van der Waals surface area contributed by atoms with Crippen molar-refractivity contribution in [3.63, 3.8) is 0 Å². The van der Waals surface area contributed by atoms with Crippen molar-refractivity contribution in [1.82, 2.24) is 10.2 Å². The summed E-state index contributed by atoms with van der Waals surface area (Å²) in [5.41, 5.74) is 3.38. The third kappa shape index (κ3) is 6.24. The van der Waals surface area contributed by atoms with Crippen LogP contribution in [-0.4, -0.2) is 29.3 Å². The van der Waals surface area contributed by atoms with Gasteiger partial charge in [0.2, 0.25) is 11.8 Å². The highest BCUT2D eigenvalue weighted by Crippen LogP contribution is 2.15. The monoisotopic (exact) mass is 366 g/mol. The van der Waals surface area contributed by atoms with Crippen LogP contribution in [0.15, 0.2) is 54.6 Å². The van der Waals surface area contributed by atoms with Gasteiger partial charge in [0, 0.05) is 19.5 Å². The van der Waals surface area contributed by atoms with Gasteiger partial charge >= 0.3 is 0 Å². The summed E-state index contributed by atoms with van der Waals surface area (Å²) in [4.78, 5) is 27.3. The van der Waals surface area contributed by atoms with Crippen molar-refractivity contribution < 1.29 is 9.59 Å². The number of nitrogens with one attached hydrogen (secondary N) is 1. The first-order valence-electron chi connectivity index (χ1n) is 9.71. The van der Waals surface area contributed by atoms with E-state index in [9.17, 15) is 9.59 Å². The van der Waals surface area contributed by atoms with Crippen LogP contribution in [0.4, 0.5) is 0 Å². The number of nitrogens with zero attached hydrogens (tertiary/aromatic N) is 1. The van der Waals surface area contributed by atoms with Crippen LogP contribution >= 0.6 is 0 Å². The molecule has 2 amide bonds. The Morgan fingerprint density at radius 1 is 0.963 bits per heavy atom. The molecule has 0 aromatic heterocycles. The summed E-state index contributed by atoms with van der Waals surface area (Å²) in [6, 6.07) is 17.6. The van der Waals surface area contributed by atoms with E-state index in [-0.39, 0.29) is 11.8 Å². The molecular formula is C23H30N2O2. The van der Waals surface area contributed by atoms with Crippen LogP contribution in [0.3, 0.4) is 0 Å². The Kier molecular flexibility index (Phi) is 8.05. The zero-order valence-electron chi connectivity index (χ0n) is 16.6. The first-order chi connectivity index (χ1) is 13.0. The number of amides is 2. The first kappa shape index (κ1) is 20.7. The average Bonchev–Trinajstić information content (AvgIpc) is 2.68. The number of benzene rings is 2. The molecule has 4 heteroatoms. The molecule has 0 radical (unpaired) electrons. The van der Waals surface area contributed by atoms with E-state index in [0.29, 0.717) is 32.4 Å². The van der Waals surface area contributed by atoms with Crippen LogP contribution in [-0.2, 0) is 22.6 Å². The third-order valence-electron chi connectivity index (χ3n) is 4.68. The van der Waals surface area contributed by atoms with E-state index in [2.05, 4.69) is 36.5 Å². The van der Waals surface area contributed by atoms with Crippen molar-refractivity contribution in [3.05, 3.63) is 71.3 Å². The first-order valence-corrected chi connectivity index (χ1v) is 9.71. The second-order valence-electron chi connectivity index (χ2n) is 6.81. The Morgan fingerprint density at radius 2 is 1.63 bits per heavy atom. The van der Waals surface area contributed by atoms with E-state index >= 15 is 0 Å². The highest BCUT2D eigenvalue weighted by Gasteiger charge is 2.27. The standard InChI is InChI=1S/C23H30N2O2/c1-4-21(23(27)24-5-2)25(17-20-9-7-6-8-10-20)22(26)16-15-19-13-11-18(3)12-14-19/h6-14,21H,4-5,15-17H2,1-3H3,(H,24,27)/t21-/m0/s1. The van der Waals surface area contributed by atoms with Crippen molar-refractivity contribution in [2.75, 3.05) is 6.54 Å². The van der Waals surface area contributed by atoms with Gasteiger partial charge in [-0.05, 0) is 37.8 Å². The maximum absolute atomic E-state index is 13.0. The highest BCUT2D eigenvalue weighted by molar-refractivity contribution is 5.87. The minimum Gasteiger partial charge on any atom is -0.355 e. The molecule has 27 heavy (non-hydrogen) atoms. The lowest BCUT2D eigenvalue weighted by molar-refractivity contribution is -0.141. The molecule has 2 aromatic rings. The van der Waals surface area contributed by atoms with E-state index in [4.69, 9.17) is 0 Å². The summed E-state index contributed by atoms with van der Waals surface area (Å²) in [7, 11) is 0.